The lowest BCUT2D eigenvalue weighted by molar-refractivity contribution is 0.299. The van der Waals surface area contributed by atoms with Gasteiger partial charge in [-0.3, -0.25) is 0 Å². The maximum absolute atomic E-state index is 5.52. The fraction of sp³-hybridized carbons (Fsp3) is 0.214. The van der Waals surface area contributed by atoms with E-state index in [-0.39, 0.29) is 6.61 Å². The van der Waals surface area contributed by atoms with Crippen LogP contribution >= 0.6 is 0 Å². The van der Waals surface area contributed by atoms with Crippen LogP contribution in [0.15, 0.2) is 36.0 Å². The average molecular weight is 270 g/mol. The molecule has 1 aromatic carbocycles. The van der Waals surface area contributed by atoms with Gasteiger partial charge in [0.2, 0.25) is 0 Å². The second kappa shape index (κ2) is 6.95. The first kappa shape index (κ1) is 13.6. The molecule has 6 heteroatoms. The van der Waals surface area contributed by atoms with Gasteiger partial charge in [0.1, 0.15) is 19.3 Å². The van der Waals surface area contributed by atoms with Crippen LogP contribution in [0.1, 0.15) is 12.5 Å². The highest BCUT2D eigenvalue weighted by molar-refractivity contribution is 5.80. The largest absolute Gasteiger partial charge is 0.490 e. The van der Waals surface area contributed by atoms with Crippen molar-refractivity contribution >= 4 is 6.21 Å². The van der Waals surface area contributed by atoms with Crippen LogP contribution in [0.3, 0.4) is 0 Å². The third kappa shape index (κ3) is 3.59. The van der Waals surface area contributed by atoms with E-state index in [1.807, 2.05) is 19.1 Å². The van der Waals surface area contributed by atoms with Gasteiger partial charge in [-0.2, -0.15) is 5.10 Å². The maximum atomic E-state index is 5.52. The summed E-state index contributed by atoms with van der Waals surface area (Å²) in [7, 11) is 0. The first-order chi connectivity index (χ1) is 9.83. The van der Waals surface area contributed by atoms with Gasteiger partial charge >= 0.3 is 0 Å². The molecular weight excluding hydrogens is 256 g/mol. The Morgan fingerprint density at radius 1 is 1.30 bits per heavy atom. The van der Waals surface area contributed by atoms with E-state index in [0.717, 1.165) is 5.56 Å². The van der Waals surface area contributed by atoms with Crippen LogP contribution in [0.4, 0.5) is 0 Å². The summed E-state index contributed by atoms with van der Waals surface area (Å²) >= 11 is 0. The lowest BCUT2D eigenvalue weighted by Crippen LogP contribution is -2.00. The van der Waals surface area contributed by atoms with Crippen LogP contribution < -0.4 is 9.47 Å². The molecule has 0 fully saturated rings. The standard InChI is InChI=1S/C14H14N4O2/c1-3-7-20-13-6-5-12(8-14(13)19-4-2)9-17-18-10-15-16-11-18/h1,5-6,8-11H,4,7H2,2H3. The summed E-state index contributed by atoms with van der Waals surface area (Å²) in [5.74, 6) is 3.67. The third-order valence-corrected chi connectivity index (χ3v) is 2.33. The first-order valence-electron chi connectivity index (χ1n) is 6.05. The van der Waals surface area contributed by atoms with E-state index in [1.165, 1.54) is 17.3 Å². The zero-order chi connectivity index (χ0) is 14.2. The van der Waals surface area contributed by atoms with Crippen molar-refractivity contribution in [3.05, 3.63) is 36.4 Å². The van der Waals surface area contributed by atoms with Gasteiger partial charge in [0.25, 0.3) is 0 Å². The first-order valence-corrected chi connectivity index (χ1v) is 6.05. The van der Waals surface area contributed by atoms with Gasteiger partial charge in [-0.15, -0.1) is 16.6 Å². The summed E-state index contributed by atoms with van der Waals surface area (Å²) in [5.41, 5.74) is 0.871. The van der Waals surface area contributed by atoms with E-state index >= 15 is 0 Å². The van der Waals surface area contributed by atoms with E-state index in [0.29, 0.717) is 18.1 Å². The van der Waals surface area contributed by atoms with Crippen LogP contribution in [0.25, 0.3) is 0 Å². The summed E-state index contributed by atoms with van der Waals surface area (Å²) in [6, 6.07) is 5.50. The van der Waals surface area contributed by atoms with Gasteiger partial charge in [-0.25, -0.2) is 4.68 Å². The summed E-state index contributed by atoms with van der Waals surface area (Å²) in [6.45, 7) is 2.65. The van der Waals surface area contributed by atoms with E-state index in [2.05, 4.69) is 21.2 Å². The molecule has 6 nitrogen and oxygen atoms in total. The molecule has 0 aliphatic carbocycles. The Morgan fingerprint density at radius 3 is 2.80 bits per heavy atom. The molecule has 2 rings (SSSR count). The topological polar surface area (TPSA) is 61.5 Å². The molecule has 0 radical (unpaired) electrons. The number of terminal acetylenes is 1. The zero-order valence-electron chi connectivity index (χ0n) is 11.1. The molecule has 1 aromatic heterocycles. The zero-order valence-corrected chi connectivity index (χ0v) is 11.1. The number of hydrogen-bond acceptors (Lipinski definition) is 5. The highest BCUT2D eigenvalue weighted by Gasteiger charge is 2.05. The van der Waals surface area contributed by atoms with Crippen LogP contribution in [0.5, 0.6) is 11.5 Å². The molecule has 102 valence electrons. The number of hydrogen-bond donors (Lipinski definition) is 0. The van der Waals surface area contributed by atoms with Crippen LogP contribution in [-0.2, 0) is 0 Å². The molecule has 0 aliphatic heterocycles. The molecule has 0 saturated heterocycles. The third-order valence-electron chi connectivity index (χ3n) is 2.33. The predicted molar refractivity (Wildman–Crippen MR) is 75.0 cm³/mol. The summed E-state index contributed by atoms with van der Waals surface area (Å²) < 4.78 is 12.4. The quantitative estimate of drug-likeness (QED) is 0.590. The van der Waals surface area contributed by atoms with Crippen LogP contribution in [-0.4, -0.2) is 34.3 Å². The number of ether oxygens (including phenoxy) is 2. The Balaban J connectivity index is 2.18. The van der Waals surface area contributed by atoms with Gasteiger partial charge in [-0.1, -0.05) is 5.92 Å². The van der Waals surface area contributed by atoms with Crippen molar-refractivity contribution in [1.82, 2.24) is 14.9 Å². The van der Waals surface area contributed by atoms with E-state index in [4.69, 9.17) is 15.9 Å². The minimum Gasteiger partial charge on any atom is -0.490 e. The Kier molecular flexibility index (Phi) is 4.73. The second-order valence-electron chi connectivity index (χ2n) is 3.72. The van der Waals surface area contributed by atoms with Gasteiger partial charge < -0.3 is 9.47 Å². The maximum Gasteiger partial charge on any atom is 0.162 e. The fourth-order valence-corrected chi connectivity index (χ4v) is 1.50. The normalized spacial score (nSPS) is 10.4. The highest BCUT2D eigenvalue weighted by Crippen LogP contribution is 2.27. The lowest BCUT2D eigenvalue weighted by atomic mass is 10.2. The van der Waals surface area contributed by atoms with E-state index in [1.54, 1.807) is 12.3 Å². The Labute approximate surface area is 117 Å². The van der Waals surface area contributed by atoms with Gasteiger partial charge in [0, 0.05) is 0 Å². The molecule has 0 amide bonds. The molecule has 0 aliphatic rings. The van der Waals surface area contributed by atoms with Gasteiger partial charge in [0.05, 0.1) is 12.8 Å². The smallest absolute Gasteiger partial charge is 0.162 e. The van der Waals surface area contributed by atoms with Crippen LogP contribution in [0.2, 0.25) is 0 Å². The highest BCUT2D eigenvalue weighted by atomic mass is 16.5. The molecule has 0 unspecified atom stereocenters. The van der Waals surface area contributed by atoms with E-state index in [9.17, 15) is 0 Å². The average Bonchev–Trinajstić information content (AvgIpc) is 2.98. The van der Waals surface area contributed by atoms with Crippen molar-refractivity contribution in [3.63, 3.8) is 0 Å². The van der Waals surface area contributed by atoms with Crippen molar-refractivity contribution < 1.29 is 9.47 Å². The lowest BCUT2D eigenvalue weighted by Gasteiger charge is -2.10. The van der Waals surface area contributed by atoms with Crippen molar-refractivity contribution in [1.29, 1.82) is 0 Å². The van der Waals surface area contributed by atoms with Crippen molar-refractivity contribution in [3.8, 4) is 23.8 Å². The molecular formula is C14H14N4O2. The number of nitrogens with zero attached hydrogens (tertiary/aromatic N) is 4. The van der Waals surface area contributed by atoms with Crippen molar-refractivity contribution in [2.45, 2.75) is 6.92 Å². The minimum absolute atomic E-state index is 0.203. The van der Waals surface area contributed by atoms with E-state index < -0.39 is 0 Å². The second-order valence-corrected chi connectivity index (χ2v) is 3.72. The Morgan fingerprint density at radius 2 is 2.10 bits per heavy atom. The Hall–Kier alpha value is -2.81. The van der Waals surface area contributed by atoms with Gasteiger partial charge in [0.15, 0.2) is 11.5 Å². The van der Waals surface area contributed by atoms with Gasteiger partial charge in [-0.05, 0) is 30.7 Å². The molecule has 0 bridgehead atoms. The molecule has 0 spiro atoms. The molecule has 20 heavy (non-hydrogen) atoms. The number of benzene rings is 1. The molecule has 2 aromatic rings. The minimum atomic E-state index is 0.203. The monoisotopic (exact) mass is 270 g/mol. The summed E-state index contributed by atoms with van der Waals surface area (Å²) in [5, 5.41) is 11.5. The number of aromatic nitrogens is 3. The van der Waals surface area contributed by atoms with Crippen molar-refractivity contribution in [2.75, 3.05) is 13.2 Å². The molecule has 0 saturated carbocycles. The van der Waals surface area contributed by atoms with Crippen LogP contribution in [0, 0.1) is 12.3 Å². The molecule has 0 atom stereocenters. The SMILES string of the molecule is C#CCOc1ccc(C=Nn2cnnc2)cc1OCC. The summed E-state index contributed by atoms with van der Waals surface area (Å²) in [6.07, 6.45) is 9.87. The number of rotatable bonds is 6. The van der Waals surface area contributed by atoms with Crippen molar-refractivity contribution in [2.24, 2.45) is 5.10 Å². The Bertz CT molecular complexity index is 615. The molecule has 0 N–H and O–H groups in total. The fourth-order valence-electron chi connectivity index (χ4n) is 1.50. The predicted octanol–water partition coefficient (Wildman–Crippen LogP) is 1.57. The molecule has 1 heterocycles. The summed E-state index contributed by atoms with van der Waals surface area (Å²) in [4.78, 5) is 0.